The highest BCUT2D eigenvalue weighted by molar-refractivity contribution is 5.80. The fraction of sp³-hybridized carbons (Fsp3) is 0.300. The number of aliphatic carboxylic acids is 1. The lowest BCUT2D eigenvalue weighted by molar-refractivity contribution is -0.145. The lowest BCUT2D eigenvalue weighted by atomic mass is 9.88. The van der Waals surface area contributed by atoms with Crippen LogP contribution in [0.4, 0.5) is 0 Å². The molecule has 1 rings (SSSR count). The summed E-state index contributed by atoms with van der Waals surface area (Å²) < 4.78 is 0. The summed E-state index contributed by atoms with van der Waals surface area (Å²) in [5.74, 6) is 4.36. The Morgan fingerprint density at radius 3 is 2.43 bits per heavy atom. The van der Waals surface area contributed by atoms with Gasteiger partial charge in [0, 0.05) is 0 Å². The summed E-state index contributed by atoms with van der Waals surface area (Å²) in [5.41, 5.74) is 1.87. The normalized spacial score (nSPS) is 14.7. The van der Waals surface area contributed by atoms with E-state index < -0.39 is 11.5 Å². The Morgan fingerprint density at radius 2 is 2.07 bits per heavy atom. The largest absolute Gasteiger partial charge is 0.480 e. The van der Waals surface area contributed by atoms with Gasteiger partial charge in [-0.05, 0) is 12.0 Å². The van der Waals surface area contributed by atoms with Crippen molar-refractivity contribution in [1.82, 2.24) is 5.43 Å². The molecule has 0 aliphatic carbocycles. The monoisotopic (exact) mass is 194 g/mol. The Balaban J connectivity index is 3.18. The molecule has 0 heterocycles. The smallest absolute Gasteiger partial charge is 0.329 e. The van der Waals surface area contributed by atoms with Gasteiger partial charge >= 0.3 is 5.97 Å². The number of nitrogens with two attached hydrogens (primary N) is 1. The first-order chi connectivity index (χ1) is 6.67. The van der Waals surface area contributed by atoms with Crippen molar-refractivity contribution >= 4 is 5.97 Å². The third kappa shape index (κ3) is 1.62. The van der Waals surface area contributed by atoms with Gasteiger partial charge in [-0.25, -0.2) is 10.2 Å². The molecule has 0 radical (unpaired) electrons. The van der Waals surface area contributed by atoms with Crippen LogP contribution < -0.4 is 11.3 Å². The minimum absolute atomic E-state index is 0.392. The maximum atomic E-state index is 11.1. The lowest BCUT2D eigenvalue weighted by Gasteiger charge is -2.27. The second-order valence-corrected chi connectivity index (χ2v) is 3.07. The summed E-state index contributed by atoms with van der Waals surface area (Å²) in [4.78, 5) is 11.1. The van der Waals surface area contributed by atoms with Gasteiger partial charge in [0.25, 0.3) is 0 Å². The van der Waals surface area contributed by atoms with Gasteiger partial charge in [-0.15, -0.1) is 0 Å². The quantitative estimate of drug-likeness (QED) is 0.490. The Hall–Kier alpha value is -1.39. The molecule has 14 heavy (non-hydrogen) atoms. The molecule has 4 N–H and O–H groups in total. The van der Waals surface area contributed by atoms with Gasteiger partial charge in [-0.3, -0.25) is 5.84 Å². The van der Waals surface area contributed by atoms with Crippen molar-refractivity contribution in [1.29, 1.82) is 0 Å². The van der Waals surface area contributed by atoms with Gasteiger partial charge in [0.2, 0.25) is 0 Å². The molecule has 4 nitrogen and oxygen atoms in total. The summed E-state index contributed by atoms with van der Waals surface area (Å²) in [6.07, 6.45) is 0.392. The summed E-state index contributed by atoms with van der Waals surface area (Å²) in [7, 11) is 0. The maximum absolute atomic E-state index is 11.1. The van der Waals surface area contributed by atoms with Crippen molar-refractivity contribution in [3.05, 3.63) is 35.9 Å². The molecule has 0 aliphatic heterocycles. The Bertz CT molecular complexity index is 307. The van der Waals surface area contributed by atoms with Crippen LogP contribution in [0.1, 0.15) is 18.9 Å². The number of benzene rings is 1. The first-order valence-corrected chi connectivity index (χ1v) is 4.44. The van der Waals surface area contributed by atoms with Crippen LogP contribution in [0.25, 0.3) is 0 Å². The minimum Gasteiger partial charge on any atom is -0.480 e. The van der Waals surface area contributed by atoms with Gasteiger partial charge in [-0.2, -0.15) is 0 Å². The van der Waals surface area contributed by atoms with Crippen LogP contribution in [0.2, 0.25) is 0 Å². The van der Waals surface area contributed by atoms with E-state index in [-0.39, 0.29) is 0 Å². The average Bonchev–Trinajstić information content (AvgIpc) is 2.22. The van der Waals surface area contributed by atoms with Crippen LogP contribution in [0.5, 0.6) is 0 Å². The fourth-order valence-electron chi connectivity index (χ4n) is 1.45. The van der Waals surface area contributed by atoms with E-state index in [1.807, 2.05) is 6.07 Å². The highest BCUT2D eigenvalue weighted by Crippen LogP contribution is 2.23. The second-order valence-electron chi connectivity index (χ2n) is 3.07. The number of nitrogens with one attached hydrogen (secondary N) is 1. The van der Waals surface area contributed by atoms with Crippen LogP contribution in [-0.2, 0) is 10.3 Å². The number of hydrazine groups is 1. The molecule has 1 aromatic carbocycles. The molecule has 0 spiro atoms. The Morgan fingerprint density at radius 1 is 1.50 bits per heavy atom. The molecule has 0 aromatic heterocycles. The third-order valence-corrected chi connectivity index (χ3v) is 2.41. The molecule has 0 saturated carbocycles. The number of rotatable bonds is 4. The standard InChI is InChI=1S/C10H14N2O2/c1-2-10(12-11,9(13)14)8-6-4-3-5-7-8/h3-7,12H,2,11H2,1H3,(H,13,14). The zero-order valence-electron chi connectivity index (χ0n) is 8.03. The third-order valence-electron chi connectivity index (χ3n) is 2.41. The molecule has 0 saturated heterocycles. The van der Waals surface area contributed by atoms with E-state index in [0.29, 0.717) is 12.0 Å². The molecule has 76 valence electrons. The summed E-state index contributed by atoms with van der Waals surface area (Å²) in [5, 5.41) is 9.13. The van der Waals surface area contributed by atoms with Gasteiger partial charge in [0.05, 0.1) is 0 Å². The number of hydrogen-bond acceptors (Lipinski definition) is 3. The molecular weight excluding hydrogens is 180 g/mol. The SMILES string of the molecule is CCC(NN)(C(=O)O)c1ccccc1. The van der Waals surface area contributed by atoms with E-state index in [2.05, 4.69) is 5.43 Å². The molecular formula is C10H14N2O2. The average molecular weight is 194 g/mol. The molecule has 1 aromatic rings. The molecule has 1 atom stereocenters. The van der Waals surface area contributed by atoms with Crippen molar-refractivity contribution in [2.45, 2.75) is 18.9 Å². The Kier molecular flexibility index (Phi) is 3.22. The molecule has 1 unspecified atom stereocenters. The van der Waals surface area contributed by atoms with Crippen molar-refractivity contribution in [2.24, 2.45) is 5.84 Å². The first kappa shape index (κ1) is 10.7. The molecule has 0 fully saturated rings. The summed E-state index contributed by atoms with van der Waals surface area (Å²) >= 11 is 0. The minimum atomic E-state index is -1.18. The van der Waals surface area contributed by atoms with Crippen LogP contribution in [0, 0.1) is 0 Å². The predicted molar refractivity (Wildman–Crippen MR) is 53.4 cm³/mol. The number of carboxylic acid groups (broad SMARTS) is 1. The number of carbonyl (C=O) groups is 1. The molecule has 0 aliphatic rings. The lowest BCUT2D eigenvalue weighted by Crippen LogP contribution is -2.52. The number of carboxylic acids is 1. The van der Waals surface area contributed by atoms with Crippen LogP contribution in [0.15, 0.2) is 30.3 Å². The van der Waals surface area contributed by atoms with E-state index in [9.17, 15) is 4.79 Å². The van der Waals surface area contributed by atoms with Crippen molar-refractivity contribution < 1.29 is 9.90 Å². The van der Waals surface area contributed by atoms with E-state index in [0.717, 1.165) is 0 Å². The number of hydrogen-bond donors (Lipinski definition) is 3. The van der Waals surface area contributed by atoms with Crippen molar-refractivity contribution in [3.63, 3.8) is 0 Å². The first-order valence-electron chi connectivity index (χ1n) is 4.44. The van der Waals surface area contributed by atoms with Crippen molar-refractivity contribution in [2.75, 3.05) is 0 Å². The molecule has 0 bridgehead atoms. The van der Waals surface area contributed by atoms with E-state index in [1.54, 1.807) is 31.2 Å². The molecule has 4 heteroatoms. The predicted octanol–water partition coefficient (Wildman–Crippen LogP) is 0.840. The second kappa shape index (κ2) is 4.21. The van der Waals surface area contributed by atoms with E-state index >= 15 is 0 Å². The fourth-order valence-corrected chi connectivity index (χ4v) is 1.45. The topological polar surface area (TPSA) is 75.3 Å². The van der Waals surface area contributed by atoms with Gasteiger partial charge in [0.1, 0.15) is 0 Å². The highest BCUT2D eigenvalue weighted by Gasteiger charge is 2.37. The van der Waals surface area contributed by atoms with Crippen LogP contribution >= 0.6 is 0 Å². The van der Waals surface area contributed by atoms with Crippen LogP contribution in [-0.4, -0.2) is 11.1 Å². The van der Waals surface area contributed by atoms with Gasteiger partial charge < -0.3 is 5.11 Å². The maximum Gasteiger partial charge on any atom is 0.329 e. The Labute approximate surface area is 82.7 Å². The van der Waals surface area contributed by atoms with E-state index in [1.165, 1.54) is 0 Å². The summed E-state index contributed by atoms with van der Waals surface area (Å²) in [6.45, 7) is 1.78. The zero-order valence-corrected chi connectivity index (χ0v) is 8.03. The zero-order chi connectivity index (χ0) is 10.6. The van der Waals surface area contributed by atoms with Gasteiger partial charge in [-0.1, -0.05) is 37.3 Å². The molecule has 0 amide bonds. The van der Waals surface area contributed by atoms with Gasteiger partial charge in [0.15, 0.2) is 5.54 Å². The van der Waals surface area contributed by atoms with Crippen molar-refractivity contribution in [3.8, 4) is 0 Å². The van der Waals surface area contributed by atoms with Crippen LogP contribution in [0.3, 0.4) is 0 Å². The highest BCUT2D eigenvalue weighted by atomic mass is 16.4. The summed E-state index contributed by atoms with van der Waals surface area (Å²) in [6, 6.07) is 8.91. The van der Waals surface area contributed by atoms with E-state index in [4.69, 9.17) is 10.9 Å².